The Morgan fingerprint density at radius 1 is 1.22 bits per heavy atom. The van der Waals surface area contributed by atoms with Gasteiger partial charge in [-0.2, -0.15) is 0 Å². The number of piperidine rings is 1. The molecule has 0 aliphatic carbocycles. The predicted molar refractivity (Wildman–Crippen MR) is 92.1 cm³/mol. The number of aryl methyl sites for hydroxylation is 2. The van der Waals surface area contributed by atoms with E-state index >= 15 is 0 Å². The molecule has 0 spiro atoms. The fraction of sp³-hybridized carbons (Fsp3) is 0.526. The molecule has 2 heterocycles. The molecule has 23 heavy (non-hydrogen) atoms. The van der Waals surface area contributed by atoms with Crippen molar-refractivity contribution in [2.24, 2.45) is 13.0 Å². The number of benzene rings is 1. The van der Waals surface area contributed by atoms with Crippen LogP contribution in [0.5, 0.6) is 0 Å². The molecule has 4 nitrogen and oxygen atoms in total. The van der Waals surface area contributed by atoms with Gasteiger partial charge in [-0.3, -0.25) is 0 Å². The molecule has 0 amide bonds. The Kier molecular flexibility index (Phi) is 5.47. The van der Waals surface area contributed by atoms with Gasteiger partial charge in [0.05, 0.1) is 0 Å². The first-order valence-corrected chi connectivity index (χ1v) is 8.65. The van der Waals surface area contributed by atoms with E-state index in [0.717, 1.165) is 44.7 Å². The van der Waals surface area contributed by atoms with Gasteiger partial charge in [-0.25, -0.2) is 4.98 Å². The summed E-state index contributed by atoms with van der Waals surface area (Å²) in [7, 11) is 1.95. The number of hydrogen-bond acceptors (Lipinski definition) is 3. The van der Waals surface area contributed by atoms with Crippen molar-refractivity contribution < 1.29 is 5.11 Å². The van der Waals surface area contributed by atoms with E-state index in [9.17, 15) is 5.11 Å². The summed E-state index contributed by atoms with van der Waals surface area (Å²) in [5.41, 5.74) is 1.42. The van der Waals surface area contributed by atoms with Gasteiger partial charge in [0.2, 0.25) is 0 Å². The van der Waals surface area contributed by atoms with Gasteiger partial charge in [0.1, 0.15) is 11.9 Å². The second-order valence-electron chi connectivity index (χ2n) is 6.61. The SMILES string of the molecule is Cn1ccnc1[C@@H](O)C1CCN(CCCc2ccccc2)CC1. The van der Waals surface area contributed by atoms with Crippen LogP contribution in [0, 0.1) is 5.92 Å². The molecule has 1 N–H and O–H groups in total. The number of hydrogen-bond donors (Lipinski definition) is 1. The number of aromatic nitrogens is 2. The largest absolute Gasteiger partial charge is 0.385 e. The third-order valence-corrected chi connectivity index (χ3v) is 4.98. The van der Waals surface area contributed by atoms with E-state index in [1.54, 1.807) is 6.20 Å². The van der Waals surface area contributed by atoms with Gasteiger partial charge >= 0.3 is 0 Å². The van der Waals surface area contributed by atoms with Crippen LogP contribution in [0.15, 0.2) is 42.7 Å². The number of aliphatic hydroxyl groups is 1. The van der Waals surface area contributed by atoms with E-state index < -0.39 is 6.10 Å². The molecule has 0 unspecified atom stereocenters. The fourth-order valence-electron chi connectivity index (χ4n) is 3.52. The van der Waals surface area contributed by atoms with Crippen molar-refractivity contribution in [3.05, 3.63) is 54.1 Å². The number of likely N-dealkylation sites (tertiary alicyclic amines) is 1. The molecule has 0 bridgehead atoms. The maximum absolute atomic E-state index is 10.5. The monoisotopic (exact) mass is 313 g/mol. The minimum Gasteiger partial charge on any atom is -0.385 e. The summed E-state index contributed by atoms with van der Waals surface area (Å²) in [6, 6.07) is 10.7. The van der Waals surface area contributed by atoms with Gasteiger partial charge in [-0.1, -0.05) is 30.3 Å². The molecule has 1 aromatic carbocycles. The first-order chi connectivity index (χ1) is 11.2. The zero-order chi connectivity index (χ0) is 16.1. The molecule has 1 aromatic heterocycles. The first kappa shape index (κ1) is 16.2. The van der Waals surface area contributed by atoms with Crippen molar-refractivity contribution in [2.45, 2.75) is 31.8 Å². The van der Waals surface area contributed by atoms with E-state index in [2.05, 4.69) is 40.2 Å². The first-order valence-electron chi connectivity index (χ1n) is 8.65. The minimum absolute atomic E-state index is 0.335. The van der Waals surface area contributed by atoms with E-state index in [1.165, 1.54) is 12.0 Å². The Hall–Kier alpha value is -1.65. The topological polar surface area (TPSA) is 41.3 Å². The quantitative estimate of drug-likeness (QED) is 0.891. The van der Waals surface area contributed by atoms with Crippen LogP contribution in [0.3, 0.4) is 0 Å². The normalized spacial score (nSPS) is 18.2. The highest BCUT2D eigenvalue weighted by Crippen LogP contribution is 2.29. The molecule has 1 aliphatic rings. The lowest BCUT2D eigenvalue weighted by Gasteiger charge is -2.34. The predicted octanol–water partition coefficient (Wildman–Crippen LogP) is 2.80. The molecule has 1 fully saturated rings. The summed E-state index contributed by atoms with van der Waals surface area (Å²) in [5.74, 6) is 1.13. The van der Waals surface area contributed by atoms with Gasteiger partial charge in [0, 0.05) is 19.4 Å². The third kappa shape index (κ3) is 4.21. The highest BCUT2D eigenvalue weighted by atomic mass is 16.3. The van der Waals surface area contributed by atoms with Crippen LogP contribution in [0.25, 0.3) is 0 Å². The molecular formula is C19H27N3O. The fourth-order valence-corrected chi connectivity index (χ4v) is 3.52. The van der Waals surface area contributed by atoms with Crippen molar-refractivity contribution in [2.75, 3.05) is 19.6 Å². The molecule has 124 valence electrons. The van der Waals surface area contributed by atoms with Crippen LogP contribution in [-0.2, 0) is 13.5 Å². The van der Waals surface area contributed by atoms with Crippen LogP contribution < -0.4 is 0 Å². The number of imidazole rings is 1. The number of aliphatic hydroxyl groups excluding tert-OH is 1. The molecule has 1 atom stereocenters. The van der Waals surface area contributed by atoms with Crippen LogP contribution in [0.4, 0.5) is 0 Å². The van der Waals surface area contributed by atoms with Crippen molar-refractivity contribution >= 4 is 0 Å². The lowest BCUT2D eigenvalue weighted by Crippen LogP contribution is -2.36. The molecule has 2 aromatic rings. The van der Waals surface area contributed by atoms with Crippen molar-refractivity contribution in [1.82, 2.24) is 14.5 Å². The molecule has 0 radical (unpaired) electrons. The van der Waals surface area contributed by atoms with Crippen molar-refractivity contribution in [3.8, 4) is 0 Å². The Labute approximate surface area is 138 Å². The maximum atomic E-state index is 10.5. The zero-order valence-electron chi connectivity index (χ0n) is 13.9. The minimum atomic E-state index is -0.429. The van der Waals surface area contributed by atoms with Crippen LogP contribution in [0.1, 0.15) is 36.8 Å². The van der Waals surface area contributed by atoms with Crippen LogP contribution in [0.2, 0.25) is 0 Å². The average Bonchev–Trinajstić information content (AvgIpc) is 3.02. The molecule has 1 aliphatic heterocycles. The number of rotatable bonds is 6. The van der Waals surface area contributed by atoms with Crippen molar-refractivity contribution in [1.29, 1.82) is 0 Å². The summed E-state index contributed by atoms with van der Waals surface area (Å²) in [6.45, 7) is 3.32. The van der Waals surface area contributed by atoms with Gasteiger partial charge in [-0.05, 0) is 56.8 Å². The highest BCUT2D eigenvalue weighted by Gasteiger charge is 2.28. The van der Waals surface area contributed by atoms with E-state index in [1.807, 2.05) is 17.8 Å². The van der Waals surface area contributed by atoms with E-state index in [-0.39, 0.29) is 0 Å². The molecule has 4 heteroatoms. The van der Waals surface area contributed by atoms with Crippen LogP contribution >= 0.6 is 0 Å². The second-order valence-corrected chi connectivity index (χ2v) is 6.61. The Morgan fingerprint density at radius 2 is 1.96 bits per heavy atom. The third-order valence-electron chi connectivity index (χ3n) is 4.98. The Balaban J connectivity index is 1.41. The van der Waals surface area contributed by atoms with Gasteiger partial charge < -0.3 is 14.6 Å². The summed E-state index contributed by atoms with van der Waals surface area (Å²) < 4.78 is 1.93. The summed E-state index contributed by atoms with van der Waals surface area (Å²) in [4.78, 5) is 6.82. The highest BCUT2D eigenvalue weighted by molar-refractivity contribution is 5.14. The lowest BCUT2D eigenvalue weighted by atomic mass is 9.90. The van der Waals surface area contributed by atoms with Crippen molar-refractivity contribution in [3.63, 3.8) is 0 Å². The molecule has 1 saturated heterocycles. The number of nitrogens with zero attached hydrogens (tertiary/aromatic N) is 3. The van der Waals surface area contributed by atoms with E-state index in [4.69, 9.17) is 0 Å². The van der Waals surface area contributed by atoms with Crippen LogP contribution in [-0.4, -0.2) is 39.2 Å². The standard InChI is InChI=1S/C19H27N3O/c1-21-15-11-20-19(21)18(23)17-9-13-22(14-10-17)12-5-8-16-6-3-2-4-7-16/h2-4,6-7,11,15,17-18,23H,5,8-10,12-14H2,1H3/t18-/m0/s1. The van der Waals surface area contributed by atoms with Gasteiger partial charge in [-0.15, -0.1) is 0 Å². The maximum Gasteiger partial charge on any atom is 0.137 e. The Morgan fingerprint density at radius 3 is 2.61 bits per heavy atom. The summed E-state index contributed by atoms with van der Waals surface area (Å²) in [5, 5.41) is 10.5. The summed E-state index contributed by atoms with van der Waals surface area (Å²) >= 11 is 0. The average molecular weight is 313 g/mol. The van der Waals surface area contributed by atoms with Gasteiger partial charge in [0.15, 0.2) is 0 Å². The Bertz CT molecular complexity index is 588. The second kappa shape index (κ2) is 7.75. The molecule has 3 rings (SSSR count). The smallest absolute Gasteiger partial charge is 0.137 e. The molecule has 0 saturated carbocycles. The lowest BCUT2D eigenvalue weighted by molar-refractivity contribution is 0.0509. The summed E-state index contributed by atoms with van der Waals surface area (Å²) in [6.07, 6.45) is 7.70. The van der Waals surface area contributed by atoms with Gasteiger partial charge in [0.25, 0.3) is 0 Å². The molecular weight excluding hydrogens is 286 g/mol. The van der Waals surface area contributed by atoms with E-state index in [0.29, 0.717) is 5.92 Å². The zero-order valence-corrected chi connectivity index (χ0v) is 13.9.